The number of nitro benzene ring substituents is 1. The number of aromatic amines is 1. The van der Waals surface area contributed by atoms with E-state index in [2.05, 4.69) is 38.8 Å². The molecule has 2 N–H and O–H groups in total. The van der Waals surface area contributed by atoms with Crippen molar-refractivity contribution in [2.24, 2.45) is 5.41 Å². The molecule has 0 saturated carbocycles. The molecule has 1 amide bonds. The predicted molar refractivity (Wildman–Crippen MR) is 196 cm³/mol. The lowest BCUT2D eigenvalue weighted by Crippen LogP contribution is -2.49. The summed E-state index contributed by atoms with van der Waals surface area (Å²) in [6.07, 6.45) is -1.83. The molecule has 0 aliphatic heterocycles. The molecule has 0 aliphatic carbocycles. The molecule has 10 nitrogen and oxygen atoms in total. The number of hydrogen-bond donors (Lipinski definition) is 2. The second kappa shape index (κ2) is 14.6. The van der Waals surface area contributed by atoms with Crippen molar-refractivity contribution in [3.8, 4) is 5.75 Å². The summed E-state index contributed by atoms with van der Waals surface area (Å²) < 4.78 is 13.3. The molecule has 0 spiro atoms. The van der Waals surface area contributed by atoms with E-state index in [1.807, 2.05) is 70.2 Å². The van der Waals surface area contributed by atoms with Gasteiger partial charge in [0.25, 0.3) is 5.69 Å². The molecule has 0 radical (unpaired) electrons. The lowest BCUT2D eigenvalue weighted by Gasteiger charge is -2.44. The maximum absolute atomic E-state index is 13.2. The number of hydrogen-bond acceptors (Lipinski definition) is 6. The van der Waals surface area contributed by atoms with E-state index in [4.69, 9.17) is 9.16 Å². The molecule has 3 aromatic carbocycles. The highest BCUT2D eigenvalue weighted by molar-refractivity contribution is 6.74. The Kier molecular flexibility index (Phi) is 11.1. The Hall–Kier alpha value is -4.48. The highest BCUT2D eigenvalue weighted by atomic mass is 28.4. The fraction of sp³-hybridized carbons (Fsp3) is 0.421. The minimum atomic E-state index is -2.50. The maximum atomic E-state index is 13.2. The largest absolute Gasteiger partial charge is 0.487 e. The van der Waals surface area contributed by atoms with Crippen molar-refractivity contribution in [1.82, 2.24) is 9.88 Å². The first-order valence-electron chi connectivity index (χ1n) is 16.5. The lowest BCUT2D eigenvalue weighted by atomic mass is 9.72. The summed E-state index contributed by atoms with van der Waals surface area (Å²) in [6, 6.07) is 22.4. The molecule has 4 aromatic rings. The van der Waals surface area contributed by atoms with E-state index < -0.39 is 36.9 Å². The summed E-state index contributed by atoms with van der Waals surface area (Å²) in [5, 5.41) is 23.0. The first kappa shape index (κ1) is 37.3. The fourth-order valence-electron chi connectivity index (χ4n) is 6.23. The molecule has 262 valence electrons. The number of aromatic nitrogens is 1. The predicted octanol–water partition coefficient (Wildman–Crippen LogP) is 9.28. The zero-order chi connectivity index (χ0) is 36.3. The van der Waals surface area contributed by atoms with Gasteiger partial charge in [0.15, 0.2) is 8.32 Å². The summed E-state index contributed by atoms with van der Waals surface area (Å²) in [6.45, 7) is 18.8. The number of H-pyrrole nitrogens is 1. The van der Waals surface area contributed by atoms with Crippen molar-refractivity contribution in [2.75, 3.05) is 6.54 Å². The highest BCUT2D eigenvalue weighted by Crippen LogP contribution is 2.44. The Bertz CT molecular complexity index is 1840. The average Bonchev–Trinajstić information content (AvgIpc) is 3.01. The molecule has 0 bridgehead atoms. The third-order valence-corrected chi connectivity index (χ3v) is 14.2. The van der Waals surface area contributed by atoms with Crippen LogP contribution in [0.2, 0.25) is 18.1 Å². The van der Waals surface area contributed by atoms with Crippen LogP contribution in [0.5, 0.6) is 5.75 Å². The van der Waals surface area contributed by atoms with E-state index in [9.17, 15) is 24.8 Å². The van der Waals surface area contributed by atoms with Crippen molar-refractivity contribution >= 4 is 31.0 Å². The van der Waals surface area contributed by atoms with Gasteiger partial charge in [-0.05, 0) is 59.3 Å². The van der Waals surface area contributed by atoms with Crippen LogP contribution in [0.1, 0.15) is 77.2 Å². The molecule has 11 heteroatoms. The summed E-state index contributed by atoms with van der Waals surface area (Å²) in [5.41, 5.74) is 2.10. The molecule has 1 heterocycles. The standard InChI is InChI=1S/C38H49N3O7Si/c1-25(34(37(2,3)4)27-16-13-17-28(22-27)41(45)46)40(36(43)44)23-32(48-49(8,9)38(5,6)7)29-18-20-31(35-30(29)19-21-33(42)39-35)47-24-26-14-11-10-12-15-26/h10-22,25,32,34H,23-24H2,1-9H3,(H,39,42)(H,43,44)/t25?,32-,34?/m0/s1. The first-order chi connectivity index (χ1) is 22.8. The molecule has 1 aromatic heterocycles. The quantitative estimate of drug-likeness (QED) is 0.0861. The number of carboxylic acid groups (broad SMARTS) is 1. The van der Waals surface area contributed by atoms with Gasteiger partial charge in [-0.15, -0.1) is 0 Å². The molecule has 0 saturated heterocycles. The normalized spacial score (nSPS) is 14.2. The van der Waals surface area contributed by atoms with Gasteiger partial charge in [-0.25, -0.2) is 4.79 Å². The Morgan fingerprint density at radius 3 is 2.24 bits per heavy atom. The van der Waals surface area contributed by atoms with Crippen molar-refractivity contribution in [3.05, 3.63) is 116 Å². The van der Waals surface area contributed by atoms with Gasteiger partial charge in [-0.1, -0.05) is 90.1 Å². The maximum Gasteiger partial charge on any atom is 0.407 e. The average molecular weight is 688 g/mol. The number of nitro groups is 1. The van der Waals surface area contributed by atoms with Gasteiger partial charge in [0.2, 0.25) is 5.56 Å². The van der Waals surface area contributed by atoms with E-state index >= 15 is 0 Å². The van der Waals surface area contributed by atoms with Gasteiger partial charge in [0.05, 0.1) is 23.1 Å². The number of fused-ring (bicyclic) bond motifs is 1. The van der Waals surface area contributed by atoms with Crippen molar-refractivity contribution in [1.29, 1.82) is 0 Å². The molecule has 3 atom stereocenters. The third-order valence-electron chi connectivity index (χ3n) is 9.67. The van der Waals surface area contributed by atoms with E-state index in [0.29, 0.717) is 28.8 Å². The summed E-state index contributed by atoms with van der Waals surface area (Å²) in [5.74, 6) is 0.104. The second-order valence-electron chi connectivity index (χ2n) is 15.3. The number of nitrogens with one attached hydrogen (secondary N) is 1. The Balaban J connectivity index is 1.84. The third kappa shape index (κ3) is 8.76. The smallest absolute Gasteiger partial charge is 0.407 e. The number of carbonyl (C=O) groups is 1. The highest BCUT2D eigenvalue weighted by Gasteiger charge is 2.42. The van der Waals surface area contributed by atoms with E-state index in [1.165, 1.54) is 23.1 Å². The Labute approximate surface area is 289 Å². The van der Waals surface area contributed by atoms with Crippen LogP contribution in [0.25, 0.3) is 10.9 Å². The Morgan fingerprint density at radius 2 is 1.65 bits per heavy atom. The van der Waals surface area contributed by atoms with Gasteiger partial charge >= 0.3 is 6.09 Å². The van der Waals surface area contributed by atoms with Crippen molar-refractivity contribution < 1.29 is 24.0 Å². The van der Waals surface area contributed by atoms with Crippen LogP contribution < -0.4 is 10.3 Å². The molecule has 49 heavy (non-hydrogen) atoms. The van der Waals surface area contributed by atoms with E-state index in [-0.39, 0.29) is 28.7 Å². The zero-order valence-corrected chi connectivity index (χ0v) is 30.9. The summed E-state index contributed by atoms with van der Waals surface area (Å²) in [4.78, 5) is 41.4. The molecular formula is C38H49N3O7Si. The SMILES string of the molecule is CC(C(c1cccc([N+](=O)[O-])c1)C(C)(C)C)N(C[C@H](O[Si](C)(C)C(C)(C)C)c1ccc(OCc2ccccc2)c2[nH]c(=O)ccc12)C(=O)O. The van der Waals surface area contributed by atoms with E-state index in [0.717, 1.165) is 11.1 Å². The second-order valence-corrected chi connectivity index (χ2v) is 20.0. The van der Waals surface area contributed by atoms with Crippen LogP contribution >= 0.6 is 0 Å². The van der Waals surface area contributed by atoms with Crippen LogP contribution in [0.4, 0.5) is 10.5 Å². The van der Waals surface area contributed by atoms with Crippen molar-refractivity contribution in [2.45, 2.75) is 91.3 Å². The summed E-state index contributed by atoms with van der Waals surface area (Å²) in [7, 11) is -2.50. The minimum Gasteiger partial charge on any atom is -0.487 e. The van der Waals surface area contributed by atoms with E-state index in [1.54, 1.807) is 18.2 Å². The monoisotopic (exact) mass is 687 g/mol. The first-order valence-corrected chi connectivity index (χ1v) is 19.5. The molecule has 4 rings (SSSR count). The topological polar surface area (TPSA) is 135 Å². The number of ether oxygens (including phenoxy) is 1. The number of rotatable bonds is 12. The molecule has 0 aliphatic rings. The molecule has 0 fully saturated rings. The number of non-ortho nitro benzene ring substituents is 1. The Morgan fingerprint density at radius 1 is 0.980 bits per heavy atom. The van der Waals surface area contributed by atoms with Gasteiger partial charge in [-0.3, -0.25) is 14.9 Å². The molecular weight excluding hydrogens is 639 g/mol. The van der Waals surface area contributed by atoms with Crippen LogP contribution in [0.3, 0.4) is 0 Å². The fourth-order valence-corrected chi connectivity index (χ4v) is 7.49. The van der Waals surface area contributed by atoms with Crippen LogP contribution in [0.15, 0.2) is 83.7 Å². The van der Waals surface area contributed by atoms with Crippen LogP contribution in [-0.2, 0) is 11.0 Å². The number of amides is 1. The minimum absolute atomic E-state index is 0.0109. The lowest BCUT2D eigenvalue weighted by molar-refractivity contribution is -0.384. The molecule has 2 unspecified atom stereocenters. The zero-order valence-electron chi connectivity index (χ0n) is 29.9. The summed E-state index contributed by atoms with van der Waals surface area (Å²) >= 11 is 0. The van der Waals surface area contributed by atoms with Gasteiger partial charge in [0.1, 0.15) is 12.4 Å². The number of benzene rings is 3. The number of pyridine rings is 1. The van der Waals surface area contributed by atoms with Gasteiger partial charge in [-0.2, -0.15) is 0 Å². The van der Waals surface area contributed by atoms with Gasteiger partial charge in [0, 0.05) is 35.5 Å². The van der Waals surface area contributed by atoms with Crippen molar-refractivity contribution in [3.63, 3.8) is 0 Å². The van der Waals surface area contributed by atoms with Gasteiger partial charge < -0.3 is 24.2 Å². The van der Waals surface area contributed by atoms with Crippen LogP contribution in [-0.4, -0.2) is 46.9 Å². The van der Waals surface area contributed by atoms with Crippen LogP contribution in [0, 0.1) is 15.5 Å². The number of nitrogens with zero attached hydrogens (tertiary/aromatic N) is 2.